The number of benzene rings is 2. The van der Waals surface area contributed by atoms with E-state index in [9.17, 15) is 20.0 Å². The first-order valence-corrected chi connectivity index (χ1v) is 8.25. The Labute approximate surface area is 160 Å². The summed E-state index contributed by atoms with van der Waals surface area (Å²) in [5.74, 6) is -0.762. The Hall–Kier alpha value is -3.13. The number of nitro benzene ring substituents is 1. The maximum atomic E-state index is 11.9. The van der Waals surface area contributed by atoms with Crippen molar-refractivity contribution in [2.75, 3.05) is 6.61 Å². The van der Waals surface area contributed by atoms with Crippen molar-refractivity contribution in [1.29, 1.82) is 0 Å². The number of hydrogen-bond acceptors (Lipinski definition) is 6. The monoisotopic (exact) mass is 390 g/mol. The fraction of sp³-hybridized carbons (Fsp3) is 0.222. The molecule has 0 aliphatic rings. The number of carbonyl (C=O) groups is 1. The predicted octanol–water partition coefficient (Wildman–Crippen LogP) is 2.78. The minimum Gasteiger partial charge on any atom is -0.867 e. The molecule has 8 nitrogen and oxygen atoms in total. The fourth-order valence-electron chi connectivity index (χ4n) is 2.32. The van der Waals surface area contributed by atoms with Gasteiger partial charge in [-0.05, 0) is 54.8 Å². The summed E-state index contributed by atoms with van der Waals surface area (Å²) in [4.78, 5) is 21.9. The average Bonchev–Trinajstić information content (AvgIpc) is 2.60. The lowest BCUT2D eigenvalue weighted by molar-refractivity contribution is -0.398. The quantitative estimate of drug-likeness (QED) is 0.462. The van der Waals surface area contributed by atoms with E-state index in [4.69, 9.17) is 16.3 Å². The van der Waals surface area contributed by atoms with Crippen LogP contribution in [0, 0.1) is 30.9 Å². The molecule has 0 aromatic heterocycles. The van der Waals surface area contributed by atoms with E-state index in [0.29, 0.717) is 5.75 Å². The zero-order chi connectivity index (χ0) is 20.1. The zero-order valence-corrected chi connectivity index (χ0v) is 15.7. The molecule has 2 rings (SSSR count). The van der Waals surface area contributed by atoms with Crippen LogP contribution in [0.15, 0.2) is 29.4 Å². The Morgan fingerprint density at radius 2 is 1.96 bits per heavy atom. The second-order valence-electron chi connectivity index (χ2n) is 5.84. The second kappa shape index (κ2) is 8.50. The van der Waals surface area contributed by atoms with Gasteiger partial charge in [0.1, 0.15) is 5.75 Å². The fourth-order valence-corrected chi connectivity index (χ4v) is 2.54. The molecule has 1 N–H and O–H groups in total. The third-order valence-corrected chi connectivity index (χ3v) is 4.09. The molecule has 9 heteroatoms. The highest BCUT2D eigenvalue weighted by atomic mass is 35.5. The number of rotatable bonds is 6. The molecule has 1 amide bonds. The van der Waals surface area contributed by atoms with Crippen molar-refractivity contribution >= 4 is 29.4 Å². The lowest BCUT2D eigenvalue weighted by atomic mass is 10.1. The van der Waals surface area contributed by atoms with Crippen LogP contribution >= 0.6 is 11.6 Å². The number of aryl methyl sites for hydroxylation is 2. The van der Waals surface area contributed by atoms with Crippen LogP contribution in [0.3, 0.4) is 0 Å². The van der Waals surface area contributed by atoms with Gasteiger partial charge >= 0.3 is 0 Å². The summed E-state index contributed by atoms with van der Waals surface area (Å²) in [5, 5.41) is 26.4. The zero-order valence-electron chi connectivity index (χ0n) is 14.9. The van der Waals surface area contributed by atoms with E-state index in [1.807, 2.05) is 32.9 Å². The summed E-state index contributed by atoms with van der Waals surface area (Å²) in [7, 11) is 0. The van der Waals surface area contributed by atoms with Crippen LogP contribution < -0.4 is 15.3 Å². The molecule has 0 saturated heterocycles. The van der Waals surface area contributed by atoms with Gasteiger partial charge in [0.15, 0.2) is 6.61 Å². The van der Waals surface area contributed by atoms with Crippen LogP contribution in [-0.4, -0.2) is 23.7 Å². The van der Waals surface area contributed by atoms with Crippen molar-refractivity contribution in [3.8, 4) is 11.5 Å². The highest BCUT2D eigenvalue weighted by Gasteiger charge is 2.12. The highest BCUT2D eigenvalue weighted by molar-refractivity contribution is 6.31. The first kappa shape index (κ1) is 20.2. The number of hydrazone groups is 1. The Bertz CT molecular complexity index is 928. The van der Waals surface area contributed by atoms with Gasteiger partial charge in [-0.1, -0.05) is 23.7 Å². The normalized spacial score (nSPS) is 10.8. The number of hydrogen-bond donors (Lipinski definition) is 1. The number of nitrogens with one attached hydrogen (secondary N) is 1. The third kappa shape index (κ3) is 4.95. The van der Waals surface area contributed by atoms with E-state index in [1.54, 1.807) is 0 Å². The summed E-state index contributed by atoms with van der Waals surface area (Å²) < 4.78 is 5.55. The Balaban J connectivity index is 2.02. The van der Waals surface area contributed by atoms with Gasteiger partial charge in [0.05, 0.1) is 11.1 Å². The first-order valence-electron chi connectivity index (χ1n) is 7.87. The molecule has 0 radical (unpaired) electrons. The molecular weight excluding hydrogens is 374 g/mol. The number of nitrogens with zero attached hydrogens (tertiary/aromatic N) is 2. The van der Waals surface area contributed by atoms with Gasteiger partial charge in [-0.2, -0.15) is 5.10 Å². The topological polar surface area (TPSA) is 117 Å². The predicted molar refractivity (Wildman–Crippen MR) is 99.4 cm³/mol. The maximum absolute atomic E-state index is 11.9. The van der Waals surface area contributed by atoms with E-state index in [2.05, 4.69) is 10.5 Å². The van der Waals surface area contributed by atoms with Crippen LogP contribution in [0.2, 0.25) is 5.02 Å². The van der Waals surface area contributed by atoms with Gasteiger partial charge < -0.3 is 9.84 Å². The molecule has 0 unspecified atom stereocenters. The van der Waals surface area contributed by atoms with E-state index in [1.165, 1.54) is 6.07 Å². The number of halogens is 1. The molecule has 0 aliphatic heterocycles. The smallest absolute Gasteiger partial charge is 0.277 e. The van der Waals surface area contributed by atoms with Gasteiger partial charge in [0, 0.05) is 11.1 Å². The van der Waals surface area contributed by atoms with E-state index in [-0.39, 0.29) is 17.2 Å². The average molecular weight is 391 g/mol. The molecule has 2 aromatic rings. The molecule has 0 spiro atoms. The van der Waals surface area contributed by atoms with Crippen LogP contribution in [-0.2, 0) is 4.79 Å². The lowest BCUT2D eigenvalue weighted by Crippen LogP contribution is -2.25. The summed E-state index contributed by atoms with van der Waals surface area (Å²) >= 11 is 5.76. The Kier molecular flexibility index (Phi) is 6.36. The molecule has 0 heterocycles. The van der Waals surface area contributed by atoms with Crippen molar-refractivity contribution in [3.05, 3.63) is 61.7 Å². The van der Waals surface area contributed by atoms with Crippen LogP contribution in [0.4, 0.5) is 5.69 Å². The molecule has 27 heavy (non-hydrogen) atoms. The summed E-state index contributed by atoms with van der Waals surface area (Å²) in [6.07, 6.45) is 1.00. The van der Waals surface area contributed by atoms with Gasteiger partial charge in [0.25, 0.3) is 11.6 Å². The Morgan fingerprint density at radius 3 is 2.63 bits per heavy atom. The van der Waals surface area contributed by atoms with E-state index < -0.39 is 22.3 Å². The molecule has 0 atom stereocenters. The summed E-state index contributed by atoms with van der Waals surface area (Å²) in [6, 6.07) is 6.05. The van der Waals surface area contributed by atoms with Crippen LogP contribution in [0.25, 0.3) is 0 Å². The van der Waals surface area contributed by atoms with Crippen molar-refractivity contribution in [1.82, 2.24) is 5.43 Å². The standard InChI is InChI=1S/C18H18ClN3O5/c1-10-4-5-11(2)18(12(10)3)27-9-16(23)21-20-8-13-6-14(19)7-15(17(13)24)22(25)26/h4-8,24H,9H2,1-3H3,(H,21,23)/p-1/b20-8-. The number of carbonyl (C=O) groups excluding carboxylic acids is 1. The van der Waals surface area contributed by atoms with Crippen molar-refractivity contribution in [2.24, 2.45) is 5.10 Å². The van der Waals surface area contributed by atoms with Gasteiger partial charge in [-0.25, -0.2) is 5.43 Å². The molecule has 0 fully saturated rings. The maximum Gasteiger partial charge on any atom is 0.277 e. The van der Waals surface area contributed by atoms with E-state index in [0.717, 1.165) is 29.0 Å². The third-order valence-electron chi connectivity index (χ3n) is 3.87. The summed E-state index contributed by atoms with van der Waals surface area (Å²) in [6.45, 7) is 5.44. The van der Waals surface area contributed by atoms with Crippen molar-refractivity contribution in [2.45, 2.75) is 20.8 Å². The van der Waals surface area contributed by atoms with Crippen molar-refractivity contribution < 1.29 is 19.6 Å². The van der Waals surface area contributed by atoms with Gasteiger partial charge in [-0.3, -0.25) is 14.9 Å². The molecule has 0 bridgehead atoms. The SMILES string of the molecule is Cc1ccc(C)c(OCC(=O)N/N=C\c2cc(Cl)cc([N+](=O)[O-])c2[O-])c1C. The van der Waals surface area contributed by atoms with Gasteiger partial charge in [0.2, 0.25) is 0 Å². The molecule has 2 aromatic carbocycles. The number of nitro groups is 1. The minimum atomic E-state index is -0.843. The minimum absolute atomic E-state index is 0.0165. The number of amides is 1. The van der Waals surface area contributed by atoms with Gasteiger partial charge in [-0.15, -0.1) is 0 Å². The first-order chi connectivity index (χ1) is 12.7. The molecule has 0 saturated carbocycles. The molecule has 142 valence electrons. The lowest BCUT2D eigenvalue weighted by Gasteiger charge is -2.13. The largest absolute Gasteiger partial charge is 0.867 e. The molecular formula is C18H17ClN3O5-. The Morgan fingerprint density at radius 1 is 1.30 bits per heavy atom. The van der Waals surface area contributed by atoms with E-state index >= 15 is 0 Å². The van der Waals surface area contributed by atoms with Crippen LogP contribution in [0.1, 0.15) is 22.3 Å². The summed E-state index contributed by atoms with van der Waals surface area (Å²) in [5.41, 5.74) is 4.31. The highest BCUT2D eigenvalue weighted by Crippen LogP contribution is 2.30. The van der Waals surface area contributed by atoms with Crippen molar-refractivity contribution in [3.63, 3.8) is 0 Å². The second-order valence-corrected chi connectivity index (χ2v) is 6.27. The van der Waals surface area contributed by atoms with Crippen LogP contribution in [0.5, 0.6) is 11.5 Å². The molecule has 0 aliphatic carbocycles. The number of ether oxygens (including phenoxy) is 1.